The lowest BCUT2D eigenvalue weighted by atomic mass is 10.1. The minimum Gasteiger partial charge on any atom is -1.00 e. The van der Waals surface area contributed by atoms with E-state index in [-0.39, 0.29) is 12.4 Å². The van der Waals surface area contributed by atoms with E-state index >= 15 is 0 Å². The van der Waals surface area contributed by atoms with Crippen molar-refractivity contribution in [3.05, 3.63) is 59.6 Å². The molecule has 0 spiro atoms. The van der Waals surface area contributed by atoms with Gasteiger partial charge in [-0.15, -0.1) is 0 Å². The van der Waals surface area contributed by atoms with E-state index in [1.54, 1.807) is 6.07 Å². The Morgan fingerprint density at radius 1 is 0.800 bits per heavy atom. The Kier molecular flexibility index (Phi) is 3.84. The molecule has 0 unspecified atom stereocenters. The Hall–Kier alpha value is -1.85. The quantitative estimate of drug-likeness (QED) is 0.650. The smallest absolute Gasteiger partial charge is 0.385 e. The summed E-state index contributed by atoms with van der Waals surface area (Å²) in [5, 5.41) is 8.63. The highest BCUT2D eigenvalue weighted by Gasteiger charge is 2.05. The zero-order valence-corrected chi connectivity index (χ0v) is 8.72. The molecule has 0 N–H and O–H groups in total. The monoisotopic (exact) mass is 216 g/mol. The molecular weight excluding hydrogens is 208 g/mol. The number of diazo groups is 1. The summed E-state index contributed by atoms with van der Waals surface area (Å²) in [6.45, 7) is 0. The van der Waals surface area contributed by atoms with E-state index in [9.17, 15) is 0 Å². The first-order valence-corrected chi connectivity index (χ1v) is 4.41. The van der Waals surface area contributed by atoms with Crippen molar-refractivity contribution in [1.29, 1.82) is 5.39 Å². The Morgan fingerprint density at radius 3 is 2.13 bits per heavy atom. The average molecular weight is 217 g/mol. The molecule has 0 bridgehead atoms. The van der Waals surface area contributed by atoms with Crippen LogP contribution < -0.4 is 12.4 Å². The third kappa shape index (κ3) is 2.55. The standard InChI is InChI=1S/C12H9N2.ClH/c13-14-12-8-4-7-11(9-12)10-5-2-1-3-6-10;/h1-9H;1H/q+1;/p-1. The molecule has 2 nitrogen and oxygen atoms in total. The van der Waals surface area contributed by atoms with Crippen LogP contribution in [-0.2, 0) is 0 Å². The molecule has 0 heterocycles. The van der Waals surface area contributed by atoms with Crippen LogP contribution in [0.1, 0.15) is 0 Å². The van der Waals surface area contributed by atoms with Crippen molar-refractivity contribution < 1.29 is 12.4 Å². The highest BCUT2D eigenvalue weighted by atomic mass is 35.5. The molecule has 74 valence electrons. The minimum absolute atomic E-state index is 0. The van der Waals surface area contributed by atoms with Crippen molar-refractivity contribution in [1.82, 2.24) is 0 Å². The Labute approximate surface area is 94.6 Å². The summed E-state index contributed by atoms with van der Waals surface area (Å²) in [7, 11) is 0. The molecule has 0 fully saturated rings. The van der Waals surface area contributed by atoms with E-state index in [1.807, 2.05) is 48.5 Å². The van der Waals surface area contributed by atoms with Gasteiger partial charge in [-0.25, -0.2) is 0 Å². The van der Waals surface area contributed by atoms with Gasteiger partial charge >= 0.3 is 5.69 Å². The molecule has 2 aromatic rings. The van der Waals surface area contributed by atoms with Crippen LogP contribution in [0.15, 0.2) is 54.6 Å². The fraction of sp³-hybridized carbons (Fsp3) is 0. The first kappa shape index (κ1) is 11.2. The third-order valence-corrected chi connectivity index (χ3v) is 2.07. The van der Waals surface area contributed by atoms with E-state index in [0.29, 0.717) is 5.69 Å². The molecule has 15 heavy (non-hydrogen) atoms. The predicted molar refractivity (Wildman–Crippen MR) is 56.6 cm³/mol. The summed E-state index contributed by atoms with van der Waals surface area (Å²) in [4.78, 5) is 3.16. The summed E-state index contributed by atoms with van der Waals surface area (Å²) in [6, 6.07) is 17.5. The normalized spacial score (nSPS) is 8.73. The maximum Gasteiger partial charge on any atom is 0.385 e. The van der Waals surface area contributed by atoms with Crippen molar-refractivity contribution in [3.8, 4) is 11.1 Å². The van der Waals surface area contributed by atoms with E-state index in [4.69, 9.17) is 5.39 Å². The van der Waals surface area contributed by atoms with Gasteiger partial charge in [0.1, 0.15) is 0 Å². The second-order valence-corrected chi connectivity index (χ2v) is 3.02. The highest BCUT2D eigenvalue weighted by Crippen LogP contribution is 2.23. The SMILES string of the molecule is N#[N+]c1cccc(-c2ccccc2)c1.[Cl-]. The van der Waals surface area contributed by atoms with Crippen LogP contribution in [0.4, 0.5) is 5.69 Å². The van der Waals surface area contributed by atoms with Gasteiger partial charge in [0.25, 0.3) is 0 Å². The molecule has 0 radical (unpaired) electrons. The molecule has 2 rings (SSSR count). The second-order valence-electron chi connectivity index (χ2n) is 3.02. The van der Waals surface area contributed by atoms with Crippen LogP contribution >= 0.6 is 0 Å². The molecule has 0 atom stereocenters. The van der Waals surface area contributed by atoms with Gasteiger partial charge in [0.2, 0.25) is 5.39 Å². The topological polar surface area (TPSA) is 28.1 Å². The van der Waals surface area contributed by atoms with Gasteiger partial charge in [-0.1, -0.05) is 42.5 Å². The number of rotatable bonds is 1. The largest absolute Gasteiger partial charge is 1.00 e. The van der Waals surface area contributed by atoms with Gasteiger partial charge in [0, 0.05) is 12.1 Å². The highest BCUT2D eigenvalue weighted by molar-refractivity contribution is 5.67. The predicted octanol–water partition coefficient (Wildman–Crippen LogP) is 0.842. The Bertz CT molecular complexity index is 474. The summed E-state index contributed by atoms with van der Waals surface area (Å²) >= 11 is 0. The summed E-state index contributed by atoms with van der Waals surface area (Å²) < 4.78 is 0. The fourth-order valence-electron chi connectivity index (χ4n) is 1.38. The maximum absolute atomic E-state index is 8.63. The first-order chi connectivity index (χ1) is 6.90. The zero-order valence-electron chi connectivity index (χ0n) is 7.97. The lowest BCUT2D eigenvalue weighted by Gasteiger charge is -1.97. The maximum atomic E-state index is 8.63. The molecule has 0 aromatic heterocycles. The van der Waals surface area contributed by atoms with E-state index in [2.05, 4.69) is 4.98 Å². The Morgan fingerprint density at radius 2 is 1.47 bits per heavy atom. The lowest BCUT2D eigenvalue weighted by Crippen LogP contribution is -3.00. The van der Waals surface area contributed by atoms with Gasteiger partial charge in [0.15, 0.2) is 4.98 Å². The molecule has 0 aliphatic rings. The van der Waals surface area contributed by atoms with Crippen LogP contribution in [0, 0.1) is 5.39 Å². The zero-order chi connectivity index (χ0) is 9.80. The van der Waals surface area contributed by atoms with Gasteiger partial charge < -0.3 is 12.4 Å². The number of halogens is 1. The van der Waals surface area contributed by atoms with Crippen molar-refractivity contribution in [2.24, 2.45) is 0 Å². The molecule has 2 aromatic carbocycles. The molecular formula is C12H9ClN2. The molecule has 0 aliphatic carbocycles. The number of hydrogen-bond acceptors (Lipinski definition) is 1. The van der Waals surface area contributed by atoms with Crippen LogP contribution in [0.5, 0.6) is 0 Å². The van der Waals surface area contributed by atoms with Crippen LogP contribution in [0.2, 0.25) is 0 Å². The van der Waals surface area contributed by atoms with Crippen molar-refractivity contribution >= 4 is 5.69 Å². The van der Waals surface area contributed by atoms with Crippen LogP contribution in [-0.4, -0.2) is 0 Å². The molecule has 0 saturated heterocycles. The van der Waals surface area contributed by atoms with E-state index in [1.165, 1.54) is 0 Å². The molecule has 3 heteroatoms. The fourth-order valence-corrected chi connectivity index (χ4v) is 1.38. The number of nitrogens with zero attached hydrogens (tertiary/aromatic N) is 2. The minimum atomic E-state index is 0. The van der Waals surface area contributed by atoms with E-state index in [0.717, 1.165) is 11.1 Å². The number of benzene rings is 2. The van der Waals surface area contributed by atoms with Crippen molar-refractivity contribution in [2.75, 3.05) is 0 Å². The Balaban J connectivity index is 0.00000112. The molecule has 0 amide bonds. The summed E-state index contributed by atoms with van der Waals surface area (Å²) in [5.74, 6) is 0. The van der Waals surface area contributed by atoms with Gasteiger partial charge in [0.05, 0.1) is 0 Å². The van der Waals surface area contributed by atoms with Crippen LogP contribution in [0.3, 0.4) is 0 Å². The van der Waals surface area contributed by atoms with E-state index < -0.39 is 0 Å². The molecule has 0 aliphatic heterocycles. The van der Waals surface area contributed by atoms with Crippen molar-refractivity contribution in [2.45, 2.75) is 0 Å². The summed E-state index contributed by atoms with van der Waals surface area (Å²) in [6.07, 6.45) is 0. The molecule has 0 saturated carbocycles. The van der Waals surface area contributed by atoms with Gasteiger partial charge in [-0.05, 0) is 11.1 Å². The second kappa shape index (κ2) is 5.14. The van der Waals surface area contributed by atoms with Gasteiger partial charge in [-0.2, -0.15) is 0 Å². The summed E-state index contributed by atoms with van der Waals surface area (Å²) in [5.41, 5.74) is 2.75. The first-order valence-electron chi connectivity index (χ1n) is 4.41. The van der Waals surface area contributed by atoms with Gasteiger partial charge in [-0.3, -0.25) is 0 Å². The lowest BCUT2D eigenvalue weighted by molar-refractivity contribution is -0.00000297. The number of hydrogen-bond donors (Lipinski definition) is 0. The van der Waals surface area contributed by atoms with Crippen molar-refractivity contribution in [3.63, 3.8) is 0 Å². The average Bonchev–Trinajstić information content (AvgIpc) is 2.30. The third-order valence-electron chi connectivity index (χ3n) is 2.07. The van der Waals surface area contributed by atoms with Crippen LogP contribution in [0.25, 0.3) is 16.1 Å².